The Kier molecular flexibility index (Phi) is 3.33. The first-order valence-electron chi connectivity index (χ1n) is 5.88. The van der Waals surface area contributed by atoms with E-state index in [0.29, 0.717) is 6.04 Å². The van der Waals surface area contributed by atoms with Crippen molar-refractivity contribution >= 4 is 11.4 Å². The molecule has 3 N–H and O–H groups in total. The molecule has 0 bridgehead atoms. The summed E-state index contributed by atoms with van der Waals surface area (Å²) in [5.74, 6) is 0. The van der Waals surface area contributed by atoms with Crippen molar-refractivity contribution in [2.45, 2.75) is 19.9 Å². The van der Waals surface area contributed by atoms with E-state index in [-0.39, 0.29) is 0 Å². The van der Waals surface area contributed by atoms with E-state index in [1.54, 1.807) is 0 Å². The molecule has 0 fully saturated rings. The predicted molar refractivity (Wildman–Crippen MR) is 75.0 cm³/mol. The average Bonchev–Trinajstić information content (AvgIpc) is 2.32. The van der Waals surface area contributed by atoms with Crippen molar-refractivity contribution < 1.29 is 0 Å². The van der Waals surface area contributed by atoms with Crippen LogP contribution in [0.2, 0.25) is 0 Å². The van der Waals surface area contributed by atoms with Crippen molar-refractivity contribution in [1.82, 2.24) is 0 Å². The molecule has 2 nitrogen and oxygen atoms in total. The van der Waals surface area contributed by atoms with Crippen LogP contribution in [0.5, 0.6) is 0 Å². The van der Waals surface area contributed by atoms with Crippen molar-refractivity contribution in [2.75, 3.05) is 11.1 Å². The molecular formula is C15H18N2. The number of hydrogen-bond donors (Lipinski definition) is 2. The lowest BCUT2D eigenvalue weighted by molar-refractivity contribution is 0.900. The van der Waals surface area contributed by atoms with Gasteiger partial charge in [0.15, 0.2) is 0 Å². The van der Waals surface area contributed by atoms with Gasteiger partial charge in [0.25, 0.3) is 0 Å². The van der Waals surface area contributed by atoms with E-state index in [0.717, 1.165) is 16.9 Å². The standard InChI is InChI=1S/C15H18N2/c1-11(2)17-15-9-8-13(10-14(15)16)12-6-4-3-5-7-12/h3-11,17H,16H2,1-2H3. The number of benzene rings is 2. The molecule has 0 spiro atoms. The number of rotatable bonds is 3. The SMILES string of the molecule is CC(C)Nc1ccc(-c2ccccc2)cc1N. The monoisotopic (exact) mass is 226 g/mol. The zero-order valence-corrected chi connectivity index (χ0v) is 10.3. The molecule has 17 heavy (non-hydrogen) atoms. The number of nitrogen functional groups attached to an aromatic ring is 1. The molecule has 0 aliphatic heterocycles. The Morgan fingerprint density at radius 3 is 2.24 bits per heavy atom. The van der Waals surface area contributed by atoms with Gasteiger partial charge in [0, 0.05) is 6.04 Å². The molecular weight excluding hydrogens is 208 g/mol. The van der Waals surface area contributed by atoms with Crippen LogP contribution in [-0.4, -0.2) is 6.04 Å². The lowest BCUT2D eigenvalue weighted by atomic mass is 10.0. The van der Waals surface area contributed by atoms with Crippen LogP contribution in [0, 0.1) is 0 Å². The molecule has 2 aromatic carbocycles. The molecule has 0 amide bonds. The minimum atomic E-state index is 0.389. The molecule has 0 saturated heterocycles. The maximum atomic E-state index is 6.04. The molecule has 0 saturated carbocycles. The highest BCUT2D eigenvalue weighted by Crippen LogP contribution is 2.27. The van der Waals surface area contributed by atoms with Gasteiger partial charge in [0.05, 0.1) is 11.4 Å². The van der Waals surface area contributed by atoms with Crippen LogP contribution in [0.3, 0.4) is 0 Å². The maximum absolute atomic E-state index is 6.04. The van der Waals surface area contributed by atoms with Gasteiger partial charge < -0.3 is 11.1 Å². The van der Waals surface area contributed by atoms with Crippen molar-refractivity contribution in [3.63, 3.8) is 0 Å². The van der Waals surface area contributed by atoms with E-state index in [4.69, 9.17) is 5.73 Å². The third-order valence-corrected chi connectivity index (χ3v) is 2.60. The van der Waals surface area contributed by atoms with Gasteiger partial charge in [0.1, 0.15) is 0 Å². The third-order valence-electron chi connectivity index (χ3n) is 2.60. The van der Waals surface area contributed by atoms with E-state index in [9.17, 15) is 0 Å². The van der Waals surface area contributed by atoms with Gasteiger partial charge >= 0.3 is 0 Å². The van der Waals surface area contributed by atoms with E-state index in [1.165, 1.54) is 5.56 Å². The van der Waals surface area contributed by atoms with Crippen LogP contribution >= 0.6 is 0 Å². The lowest BCUT2D eigenvalue weighted by Crippen LogP contribution is -2.11. The first-order chi connectivity index (χ1) is 8.16. The van der Waals surface area contributed by atoms with Gasteiger partial charge in [-0.05, 0) is 37.1 Å². The molecule has 88 valence electrons. The second-order valence-electron chi connectivity index (χ2n) is 4.47. The second-order valence-corrected chi connectivity index (χ2v) is 4.47. The summed E-state index contributed by atoms with van der Waals surface area (Å²) >= 11 is 0. The Bertz CT molecular complexity index is 490. The molecule has 0 unspecified atom stereocenters. The Morgan fingerprint density at radius 2 is 1.65 bits per heavy atom. The van der Waals surface area contributed by atoms with E-state index in [2.05, 4.69) is 37.4 Å². The van der Waals surface area contributed by atoms with Crippen LogP contribution in [0.1, 0.15) is 13.8 Å². The Labute approximate surface area is 102 Å². The van der Waals surface area contributed by atoms with E-state index < -0.39 is 0 Å². The number of hydrogen-bond acceptors (Lipinski definition) is 2. The number of anilines is 2. The zero-order valence-electron chi connectivity index (χ0n) is 10.3. The van der Waals surface area contributed by atoms with E-state index >= 15 is 0 Å². The summed E-state index contributed by atoms with van der Waals surface area (Å²) in [4.78, 5) is 0. The van der Waals surface area contributed by atoms with Gasteiger partial charge in [-0.15, -0.1) is 0 Å². The highest BCUT2D eigenvalue weighted by atomic mass is 14.9. The minimum absolute atomic E-state index is 0.389. The number of nitrogens with one attached hydrogen (secondary N) is 1. The second kappa shape index (κ2) is 4.91. The molecule has 2 rings (SSSR count). The molecule has 0 atom stereocenters. The van der Waals surface area contributed by atoms with Gasteiger partial charge in [-0.1, -0.05) is 36.4 Å². The molecule has 2 heteroatoms. The Hall–Kier alpha value is -1.96. The summed E-state index contributed by atoms with van der Waals surface area (Å²) in [6.07, 6.45) is 0. The average molecular weight is 226 g/mol. The van der Waals surface area contributed by atoms with Crippen molar-refractivity contribution in [2.24, 2.45) is 0 Å². The highest BCUT2D eigenvalue weighted by Gasteiger charge is 2.03. The fraction of sp³-hybridized carbons (Fsp3) is 0.200. The van der Waals surface area contributed by atoms with Crippen LogP contribution in [0.25, 0.3) is 11.1 Å². The smallest absolute Gasteiger partial charge is 0.0576 e. The summed E-state index contributed by atoms with van der Waals surface area (Å²) in [5, 5.41) is 3.33. The van der Waals surface area contributed by atoms with Crippen molar-refractivity contribution in [3.05, 3.63) is 48.5 Å². The summed E-state index contributed by atoms with van der Waals surface area (Å²) in [6.45, 7) is 4.20. The summed E-state index contributed by atoms with van der Waals surface area (Å²) in [7, 11) is 0. The highest BCUT2D eigenvalue weighted by molar-refractivity contribution is 5.76. The zero-order chi connectivity index (χ0) is 12.3. The van der Waals surface area contributed by atoms with Crippen LogP contribution in [0.15, 0.2) is 48.5 Å². The topological polar surface area (TPSA) is 38.0 Å². The lowest BCUT2D eigenvalue weighted by Gasteiger charge is -2.13. The molecule has 2 aromatic rings. The molecule has 0 aromatic heterocycles. The summed E-state index contributed by atoms with van der Waals surface area (Å²) in [5.41, 5.74) is 10.2. The van der Waals surface area contributed by atoms with Crippen LogP contribution in [-0.2, 0) is 0 Å². The van der Waals surface area contributed by atoms with E-state index in [1.807, 2.05) is 30.3 Å². The minimum Gasteiger partial charge on any atom is -0.397 e. The van der Waals surface area contributed by atoms with Gasteiger partial charge in [-0.25, -0.2) is 0 Å². The first kappa shape index (κ1) is 11.5. The molecule has 0 aliphatic rings. The summed E-state index contributed by atoms with van der Waals surface area (Å²) in [6, 6.07) is 16.8. The fourth-order valence-corrected chi connectivity index (χ4v) is 1.82. The van der Waals surface area contributed by atoms with Crippen LogP contribution < -0.4 is 11.1 Å². The largest absolute Gasteiger partial charge is 0.397 e. The van der Waals surface area contributed by atoms with Crippen molar-refractivity contribution in [1.29, 1.82) is 0 Å². The molecule has 0 radical (unpaired) electrons. The number of nitrogens with two attached hydrogens (primary N) is 1. The van der Waals surface area contributed by atoms with Gasteiger partial charge in [-0.3, -0.25) is 0 Å². The fourth-order valence-electron chi connectivity index (χ4n) is 1.82. The van der Waals surface area contributed by atoms with Gasteiger partial charge in [0.2, 0.25) is 0 Å². The third kappa shape index (κ3) is 2.78. The van der Waals surface area contributed by atoms with Crippen molar-refractivity contribution in [3.8, 4) is 11.1 Å². The van der Waals surface area contributed by atoms with Gasteiger partial charge in [-0.2, -0.15) is 0 Å². The quantitative estimate of drug-likeness (QED) is 0.782. The maximum Gasteiger partial charge on any atom is 0.0576 e. The molecule has 0 heterocycles. The van der Waals surface area contributed by atoms with Crippen LogP contribution in [0.4, 0.5) is 11.4 Å². The predicted octanol–water partition coefficient (Wildman–Crippen LogP) is 3.76. The summed E-state index contributed by atoms with van der Waals surface area (Å²) < 4.78 is 0. The Morgan fingerprint density at radius 1 is 0.941 bits per heavy atom. The molecule has 0 aliphatic carbocycles. The Balaban J connectivity index is 2.31. The first-order valence-corrected chi connectivity index (χ1v) is 5.88. The normalized spacial score (nSPS) is 10.5.